The monoisotopic (exact) mass is 337 g/mol. The highest BCUT2D eigenvalue weighted by atomic mass is 16.7. The number of carbonyl (C=O) groups excluding carboxylic acids is 2. The summed E-state index contributed by atoms with van der Waals surface area (Å²) < 4.78 is 10.8. The van der Waals surface area contributed by atoms with Crippen molar-refractivity contribution in [2.75, 3.05) is 0 Å². The van der Waals surface area contributed by atoms with Crippen LogP contribution in [0.25, 0.3) is 0 Å². The van der Waals surface area contributed by atoms with Gasteiger partial charge >= 0.3 is 0 Å². The van der Waals surface area contributed by atoms with Crippen molar-refractivity contribution in [1.29, 1.82) is 0 Å². The third-order valence-corrected chi connectivity index (χ3v) is 4.70. The van der Waals surface area contributed by atoms with E-state index in [4.69, 9.17) is 9.47 Å². The van der Waals surface area contributed by atoms with Gasteiger partial charge in [0.25, 0.3) is 6.29 Å². The fourth-order valence-corrected chi connectivity index (χ4v) is 3.61. The van der Waals surface area contributed by atoms with E-state index in [1.54, 1.807) is 6.08 Å². The highest BCUT2D eigenvalue weighted by Crippen LogP contribution is 2.50. The van der Waals surface area contributed by atoms with Crippen molar-refractivity contribution in [2.45, 2.75) is 12.2 Å². The summed E-state index contributed by atoms with van der Waals surface area (Å²) in [6.45, 7) is 0. The van der Waals surface area contributed by atoms with Gasteiger partial charge in [-0.05, 0) is 18.2 Å². The van der Waals surface area contributed by atoms with Crippen LogP contribution in [0.3, 0.4) is 0 Å². The summed E-state index contributed by atoms with van der Waals surface area (Å²) in [6.07, 6.45) is 2.40. The molecule has 0 unspecified atom stereocenters. The van der Waals surface area contributed by atoms with Crippen molar-refractivity contribution < 1.29 is 34.4 Å². The van der Waals surface area contributed by atoms with E-state index in [1.807, 2.05) is 0 Å². The molecule has 1 aliphatic carbocycles. The average molecular weight is 337 g/mol. The number of ketones is 2. The van der Waals surface area contributed by atoms with E-state index in [9.17, 15) is 24.9 Å². The molecule has 7 heteroatoms. The number of hydrogen-bond acceptors (Lipinski definition) is 7. The van der Waals surface area contributed by atoms with E-state index in [0.29, 0.717) is 0 Å². The van der Waals surface area contributed by atoms with Crippen LogP contribution in [0.15, 0.2) is 30.5 Å². The van der Waals surface area contributed by atoms with Crippen molar-refractivity contribution in [2.24, 2.45) is 0 Å². The molecule has 2 N–H and O–H groups in total. The molecule has 124 valence electrons. The minimum absolute atomic E-state index is 0.102. The Morgan fingerprint density at radius 1 is 1.00 bits per heavy atom. The van der Waals surface area contributed by atoms with Gasteiger partial charge in [-0.25, -0.2) is 0 Å². The number of hydrogen-bond donors (Lipinski definition) is 2. The van der Waals surface area contributed by atoms with Gasteiger partial charge in [0.1, 0.15) is 17.2 Å². The van der Waals surface area contributed by atoms with Crippen LogP contribution in [-0.2, 0) is 4.74 Å². The van der Waals surface area contributed by atoms with Gasteiger partial charge < -0.3 is 24.8 Å². The van der Waals surface area contributed by atoms with Crippen molar-refractivity contribution in [3.05, 3.63) is 58.4 Å². The Kier molecular flexibility index (Phi) is 2.41. The number of rotatable bonds is 0. The zero-order valence-corrected chi connectivity index (χ0v) is 12.5. The van der Waals surface area contributed by atoms with Gasteiger partial charge in [0, 0.05) is 28.3 Å². The van der Waals surface area contributed by atoms with Gasteiger partial charge in [-0.3, -0.25) is 9.59 Å². The zero-order chi connectivity index (χ0) is 17.5. The lowest BCUT2D eigenvalue weighted by molar-refractivity contribution is -0.269. The van der Waals surface area contributed by atoms with Crippen LogP contribution in [0.2, 0.25) is 0 Å². The molecule has 2 atom stereocenters. The van der Waals surface area contributed by atoms with Gasteiger partial charge in [0.2, 0.25) is 0 Å². The lowest BCUT2D eigenvalue weighted by Gasteiger charge is -2.25. The first-order chi connectivity index (χ1) is 12.0. The molecule has 2 aromatic rings. The van der Waals surface area contributed by atoms with Crippen molar-refractivity contribution >= 4 is 11.6 Å². The fraction of sp³-hybridized carbons (Fsp3) is 0.111. The standard InChI is InChI=1S/C18H10O7/c19-6-3-8-12(10(20)4-6)16(22)14-9(15(8)21)5-11-13(17(14)23)7-1-2-24-18(7)25-11/h1-5,7,18-20,23H/p-1/t7-,18+/m0/s1. The summed E-state index contributed by atoms with van der Waals surface area (Å²) >= 11 is 0. The normalized spacial score (nSPS) is 21.9. The van der Waals surface area contributed by atoms with E-state index < -0.39 is 35.3 Å². The summed E-state index contributed by atoms with van der Waals surface area (Å²) in [4.78, 5) is 25.6. The third-order valence-electron chi connectivity index (χ3n) is 4.70. The van der Waals surface area contributed by atoms with E-state index in [-0.39, 0.29) is 39.3 Å². The lowest BCUT2D eigenvalue weighted by Crippen LogP contribution is -2.23. The molecule has 0 amide bonds. The zero-order valence-electron chi connectivity index (χ0n) is 12.5. The first-order valence-electron chi connectivity index (χ1n) is 7.49. The molecule has 2 heterocycles. The van der Waals surface area contributed by atoms with E-state index >= 15 is 0 Å². The van der Waals surface area contributed by atoms with Crippen LogP contribution in [0, 0.1) is 0 Å². The van der Waals surface area contributed by atoms with Gasteiger partial charge in [0.15, 0.2) is 11.6 Å². The SMILES string of the molecule is O=C1c2cc(O)cc(O)c2C(=O)c2c1cc1c(c2[O-])[C@@H]2C=CO[C@@H]2O1. The largest absolute Gasteiger partial charge is 0.872 e. The first kappa shape index (κ1) is 13.9. The number of benzene rings is 2. The highest BCUT2D eigenvalue weighted by molar-refractivity contribution is 6.30. The molecule has 0 radical (unpaired) electrons. The fourth-order valence-electron chi connectivity index (χ4n) is 3.61. The topological polar surface area (TPSA) is 116 Å². The number of carbonyl (C=O) groups is 2. The molecule has 0 saturated carbocycles. The second kappa shape index (κ2) is 4.32. The molecule has 5 rings (SSSR count). The number of phenolic OH excluding ortho intramolecular Hbond substituents is 2. The summed E-state index contributed by atoms with van der Waals surface area (Å²) in [6, 6.07) is 3.41. The summed E-state index contributed by atoms with van der Waals surface area (Å²) in [7, 11) is 0. The molecule has 0 spiro atoms. The maximum atomic E-state index is 12.9. The Morgan fingerprint density at radius 3 is 2.56 bits per heavy atom. The maximum Gasteiger partial charge on any atom is 0.250 e. The summed E-state index contributed by atoms with van der Waals surface area (Å²) in [5.74, 6) is -3.12. The Morgan fingerprint density at radius 2 is 1.76 bits per heavy atom. The van der Waals surface area contributed by atoms with Gasteiger partial charge in [0.05, 0.1) is 17.7 Å². The number of fused-ring (bicyclic) bond motifs is 5. The molecule has 0 bridgehead atoms. The Bertz CT molecular complexity index is 1030. The van der Waals surface area contributed by atoms with Crippen molar-refractivity contribution in [3.8, 4) is 23.0 Å². The van der Waals surface area contributed by atoms with Gasteiger partial charge in [-0.15, -0.1) is 0 Å². The summed E-state index contributed by atoms with van der Waals surface area (Å²) in [5.41, 5.74) is -0.554. The van der Waals surface area contributed by atoms with Crippen LogP contribution >= 0.6 is 0 Å². The molecule has 2 aliphatic heterocycles. The lowest BCUT2D eigenvalue weighted by atomic mass is 9.80. The molecule has 25 heavy (non-hydrogen) atoms. The highest BCUT2D eigenvalue weighted by Gasteiger charge is 2.42. The van der Waals surface area contributed by atoms with E-state index in [2.05, 4.69) is 0 Å². The number of phenols is 2. The van der Waals surface area contributed by atoms with Crippen LogP contribution < -0.4 is 9.84 Å². The molecule has 3 aliphatic rings. The van der Waals surface area contributed by atoms with Crippen LogP contribution in [0.5, 0.6) is 23.0 Å². The molecular formula is C18H9O7-. The quantitative estimate of drug-likeness (QED) is 0.635. The second-order valence-corrected chi connectivity index (χ2v) is 6.06. The van der Waals surface area contributed by atoms with Gasteiger partial charge in [-0.2, -0.15) is 0 Å². The molecule has 0 fully saturated rings. The smallest absolute Gasteiger partial charge is 0.250 e. The van der Waals surface area contributed by atoms with Crippen LogP contribution in [0.4, 0.5) is 0 Å². The molecular weight excluding hydrogens is 328 g/mol. The number of aromatic hydroxyl groups is 2. The molecule has 0 aromatic heterocycles. The van der Waals surface area contributed by atoms with Crippen molar-refractivity contribution in [1.82, 2.24) is 0 Å². The van der Waals surface area contributed by atoms with E-state index in [0.717, 1.165) is 12.1 Å². The predicted octanol–water partition coefficient (Wildman–Crippen LogP) is 1.29. The van der Waals surface area contributed by atoms with Crippen LogP contribution in [0.1, 0.15) is 43.3 Å². The van der Waals surface area contributed by atoms with Crippen molar-refractivity contribution in [3.63, 3.8) is 0 Å². The van der Waals surface area contributed by atoms with E-state index in [1.165, 1.54) is 12.3 Å². The maximum absolute atomic E-state index is 12.9. The Labute approximate surface area is 140 Å². The third kappa shape index (κ3) is 1.59. The molecule has 0 saturated heterocycles. The number of ether oxygens (including phenoxy) is 2. The second-order valence-electron chi connectivity index (χ2n) is 6.06. The average Bonchev–Trinajstić information content (AvgIpc) is 3.11. The molecule has 2 aromatic carbocycles. The minimum atomic E-state index is -0.749. The molecule has 7 nitrogen and oxygen atoms in total. The first-order valence-corrected chi connectivity index (χ1v) is 7.49. The summed E-state index contributed by atoms with van der Waals surface area (Å²) in [5, 5.41) is 32.5. The minimum Gasteiger partial charge on any atom is -0.872 e. The predicted molar refractivity (Wildman–Crippen MR) is 79.9 cm³/mol. The Hall–Kier alpha value is -3.48. The van der Waals surface area contributed by atoms with Crippen LogP contribution in [-0.4, -0.2) is 28.1 Å². The van der Waals surface area contributed by atoms with Gasteiger partial charge in [-0.1, -0.05) is 5.75 Å². The Balaban J connectivity index is 1.80.